The summed E-state index contributed by atoms with van der Waals surface area (Å²) in [5, 5.41) is 3.35. The standard InChI is InChI=1S/C31H38N2O5S/c1-6-7-8-9-10-19-37-25-17-15-23(16-18-25)27-21-32-28(39-27)24-13-11-22(12-14-24)20-26(29(34)36-5)33-30(35)38-31(2,3)4/h11-18,20-21H,6-10,19H2,1-5H3,(H,33,35)/b26-20+. The number of thiazole rings is 1. The number of rotatable bonds is 12. The molecule has 39 heavy (non-hydrogen) atoms. The van der Waals surface area contributed by atoms with Gasteiger partial charge in [-0.1, -0.05) is 56.9 Å². The predicted molar refractivity (Wildman–Crippen MR) is 157 cm³/mol. The van der Waals surface area contributed by atoms with E-state index < -0.39 is 17.7 Å². The number of nitrogens with zero attached hydrogens (tertiary/aromatic N) is 1. The van der Waals surface area contributed by atoms with Gasteiger partial charge < -0.3 is 14.2 Å². The molecule has 0 spiro atoms. The predicted octanol–water partition coefficient (Wildman–Crippen LogP) is 7.86. The Balaban J connectivity index is 1.63. The lowest BCUT2D eigenvalue weighted by molar-refractivity contribution is -0.136. The molecule has 0 saturated carbocycles. The Morgan fingerprint density at radius 3 is 2.26 bits per heavy atom. The molecule has 3 rings (SSSR count). The van der Waals surface area contributed by atoms with Gasteiger partial charge in [0, 0.05) is 11.8 Å². The van der Waals surface area contributed by atoms with E-state index in [1.807, 2.05) is 42.6 Å². The van der Waals surface area contributed by atoms with Gasteiger partial charge in [0.2, 0.25) is 0 Å². The van der Waals surface area contributed by atoms with Crippen LogP contribution in [0.2, 0.25) is 0 Å². The van der Waals surface area contributed by atoms with Crippen LogP contribution in [-0.4, -0.2) is 36.4 Å². The second-order valence-corrected chi connectivity index (χ2v) is 11.1. The van der Waals surface area contributed by atoms with Crippen LogP contribution >= 0.6 is 11.3 Å². The fourth-order valence-electron chi connectivity index (χ4n) is 3.71. The number of unbranched alkanes of at least 4 members (excludes halogenated alkanes) is 4. The number of benzene rings is 2. The van der Waals surface area contributed by atoms with Crippen molar-refractivity contribution in [1.82, 2.24) is 10.3 Å². The summed E-state index contributed by atoms with van der Waals surface area (Å²) in [6.45, 7) is 8.21. The van der Waals surface area contributed by atoms with Crippen molar-refractivity contribution in [3.8, 4) is 26.8 Å². The highest BCUT2D eigenvalue weighted by molar-refractivity contribution is 7.18. The van der Waals surface area contributed by atoms with E-state index in [2.05, 4.69) is 29.4 Å². The largest absolute Gasteiger partial charge is 0.494 e. The fraction of sp³-hybridized carbons (Fsp3) is 0.387. The van der Waals surface area contributed by atoms with E-state index in [9.17, 15) is 9.59 Å². The van der Waals surface area contributed by atoms with Gasteiger partial charge in [-0.15, -0.1) is 11.3 Å². The number of amides is 1. The van der Waals surface area contributed by atoms with Crippen LogP contribution in [0.4, 0.5) is 4.79 Å². The maximum Gasteiger partial charge on any atom is 0.412 e. The molecular weight excluding hydrogens is 512 g/mol. The van der Waals surface area contributed by atoms with Crippen molar-refractivity contribution >= 4 is 29.5 Å². The lowest BCUT2D eigenvalue weighted by Crippen LogP contribution is -2.34. The SMILES string of the molecule is CCCCCCCOc1ccc(-c2cnc(-c3ccc(/C=C(/NC(=O)OC(C)(C)C)C(=O)OC)cc3)s2)cc1. The number of aromatic nitrogens is 1. The molecule has 0 saturated heterocycles. The Morgan fingerprint density at radius 2 is 1.62 bits per heavy atom. The summed E-state index contributed by atoms with van der Waals surface area (Å²) in [6, 6.07) is 15.7. The van der Waals surface area contributed by atoms with Crippen molar-refractivity contribution in [2.24, 2.45) is 0 Å². The first kappa shape index (κ1) is 29.9. The van der Waals surface area contributed by atoms with Crippen LogP contribution in [-0.2, 0) is 14.3 Å². The molecule has 1 heterocycles. The summed E-state index contributed by atoms with van der Waals surface area (Å²) in [5.41, 5.74) is 2.05. The van der Waals surface area contributed by atoms with Crippen LogP contribution in [0.1, 0.15) is 65.4 Å². The molecule has 0 aliphatic carbocycles. The molecule has 1 amide bonds. The lowest BCUT2D eigenvalue weighted by atomic mass is 10.1. The van der Waals surface area contributed by atoms with E-state index in [1.54, 1.807) is 38.2 Å². The summed E-state index contributed by atoms with van der Waals surface area (Å²) in [7, 11) is 1.26. The average molecular weight is 551 g/mol. The molecule has 7 nitrogen and oxygen atoms in total. The first-order valence-electron chi connectivity index (χ1n) is 13.3. The zero-order chi connectivity index (χ0) is 28.3. The van der Waals surface area contributed by atoms with Crippen molar-refractivity contribution in [2.75, 3.05) is 13.7 Å². The molecule has 0 aliphatic heterocycles. The summed E-state index contributed by atoms with van der Waals surface area (Å²) in [5.74, 6) is 0.216. The highest BCUT2D eigenvalue weighted by Gasteiger charge is 2.20. The first-order valence-corrected chi connectivity index (χ1v) is 14.1. The van der Waals surface area contributed by atoms with Gasteiger partial charge >= 0.3 is 12.1 Å². The number of methoxy groups -OCH3 is 1. The molecule has 0 unspecified atom stereocenters. The van der Waals surface area contributed by atoms with Gasteiger partial charge in [0.1, 0.15) is 22.1 Å². The average Bonchev–Trinajstić information content (AvgIpc) is 3.40. The molecule has 0 atom stereocenters. The Bertz CT molecular complexity index is 1240. The highest BCUT2D eigenvalue weighted by atomic mass is 32.1. The molecule has 0 aliphatic rings. The van der Waals surface area contributed by atoms with Crippen molar-refractivity contribution in [1.29, 1.82) is 0 Å². The van der Waals surface area contributed by atoms with Crippen molar-refractivity contribution in [3.05, 3.63) is 66.0 Å². The summed E-state index contributed by atoms with van der Waals surface area (Å²) in [4.78, 5) is 30.0. The van der Waals surface area contributed by atoms with E-state index in [4.69, 9.17) is 14.2 Å². The number of ether oxygens (including phenoxy) is 3. The van der Waals surface area contributed by atoms with Gasteiger partial charge in [-0.3, -0.25) is 5.32 Å². The Hall–Kier alpha value is -3.65. The molecule has 0 radical (unpaired) electrons. The Morgan fingerprint density at radius 1 is 0.949 bits per heavy atom. The number of alkyl carbamates (subject to hydrolysis) is 1. The van der Waals surface area contributed by atoms with Crippen molar-refractivity contribution in [2.45, 2.75) is 65.4 Å². The number of nitrogens with one attached hydrogen (secondary N) is 1. The van der Waals surface area contributed by atoms with Gasteiger partial charge in [0.05, 0.1) is 18.6 Å². The molecule has 1 aromatic heterocycles. The van der Waals surface area contributed by atoms with E-state index in [0.29, 0.717) is 5.56 Å². The lowest BCUT2D eigenvalue weighted by Gasteiger charge is -2.20. The minimum Gasteiger partial charge on any atom is -0.494 e. The Kier molecular flexibility index (Phi) is 11.1. The van der Waals surface area contributed by atoms with E-state index in [0.717, 1.165) is 39.8 Å². The van der Waals surface area contributed by atoms with Gasteiger partial charge in [-0.2, -0.15) is 0 Å². The van der Waals surface area contributed by atoms with Crippen LogP contribution in [0.15, 0.2) is 60.4 Å². The van der Waals surface area contributed by atoms with Crippen LogP contribution in [0, 0.1) is 0 Å². The summed E-state index contributed by atoms with van der Waals surface area (Å²) in [6.07, 6.45) is 8.78. The quantitative estimate of drug-likeness (QED) is 0.140. The monoisotopic (exact) mass is 550 g/mol. The number of esters is 1. The maximum atomic E-state index is 12.2. The zero-order valence-electron chi connectivity index (χ0n) is 23.4. The van der Waals surface area contributed by atoms with Gasteiger partial charge in [0.15, 0.2) is 0 Å². The van der Waals surface area contributed by atoms with E-state index in [-0.39, 0.29) is 5.70 Å². The highest BCUT2D eigenvalue weighted by Crippen LogP contribution is 2.33. The van der Waals surface area contributed by atoms with Crippen molar-refractivity contribution < 1.29 is 23.8 Å². The minimum absolute atomic E-state index is 0.0139. The normalized spacial score (nSPS) is 11.7. The van der Waals surface area contributed by atoms with Crippen LogP contribution in [0.5, 0.6) is 5.75 Å². The van der Waals surface area contributed by atoms with Gasteiger partial charge in [-0.05, 0) is 68.7 Å². The zero-order valence-corrected chi connectivity index (χ0v) is 24.2. The maximum absolute atomic E-state index is 12.2. The third kappa shape index (κ3) is 9.87. The van der Waals surface area contributed by atoms with Crippen LogP contribution in [0.3, 0.4) is 0 Å². The fourth-order valence-corrected chi connectivity index (χ4v) is 4.64. The molecule has 3 aromatic rings. The number of hydrogen-bond donors (Lipinski definition) is 1. The molecule has 0 bridgehead atoms. The Labute approximate surface area is 235 Å². The first-order chi connectivity index (χ1) is 18.7. The molecule has 2 aromatic carbocycles. The second-order valence-electron chi connectivity index (χ2n) is 10.1. The smallest absolute Gasteiger partial charge is 0.412 e. The molecule has 1 N–H and O–H groups in total. The molecule has 8 heteroatoms. The van der Waals surface area contributed by atoms with Gasteiger partial charge in [0.25, 0.3) is 0 Å². The number of carbonyl (C=O) groups excluding carboxylic acids is 2. The number of carbonyl (C=O) groups is 2. The molecule has 0 fully saturated rings. The minimum atomic E-state index is -0.729. The van der Waals surface area contributed by atoms with Gasteiger partial charge in [-0.25, -0.2) is 14.6 Å². The molecular formula is C31H38N2O5S. The van der Waals surface area contributed by atoms with E-state index in [1.165, 1.54) is 32.8 Å². The van der Waals surface area contributed by atoms with Crippen molar-refractivity contribution in [3.63, 3.8) is 0 Å². The third-order valence-corrected chi connectivity index (χ3v) is 6.77. The second kappa shape index (κ2) is 14.5. The number of hydrogen-bond acceptors (Lipinski definition) is 7. The van der Waals surface area contributed by atoms with Crippen LogP contribution in [0.25, 0.3) is 27.1 Å². The summed E-state index contributed by atoms with van der Waals surface area (Å²) < 4.78 is 15.9. The summed E-state index contributed by atoms with van der Waals surface area (Å²) >= 11 is 1.60. The van der Waals surface area contributed by atoms with Crippen LogP contribution < -0.4 is 10.1 Å². The third-order valence-electron chi connectivity index (χ3n) is 5.67. The molecule has 208 valence electrons. The van der Waals surface area contributed by atoms with E-state index >= 15 is 0 Å². The topological polar surface area (TPSA) is 86.8 Å².